The van der Waals surface area contributed by atoms with E-state index in [-0.39, 0.29) is 17.0 Å². The lowest BCUT2D eigenvalue weighted by Crippen LogP contribution is -2.30. The summed E-state index contributed by atoms with van der Waals surface area (Å²) in [6, 6.07) is -0.683. The summed E-state index contributed by atoms with van der Waals surface area (Å²) in [5.41, 5.74) is 5.19. The van der Waals surface area contributed by atoms with E-state index in [1.165, 1.54) is 0 Å². The number of hydrogen-bond acceptors (Lipinski definition) is 3. The predicted molar refractivity (Wildman–Crippen MR) is 48.9 cm³/mol. The first-order valence-electron chi connectivity index (χ1n) is 2.65. The first-order chi connectivity index (χ1) is 4.18. The highest BCUT2D eigenvalue weighted by Gasteiger charge is 2.08. The van der Waals surface area contributed by atoms with Gasteiger partial charge in [0.2, 0.25) is 0 Å². The van der Waals surface area contributed by atoms with Crippen LogP contribution in [-0.4, -0.2) is 29.1 Å². The minimum absolute atomic E-state index is 0. The number of rotatable bonds is 4. The molecule has 0 aromatic carbocycles. The second kappa shape index (κ2) is 7.37. The highest BCUT2D eigenvalue weighted by atomic mass is 79.9. The monoisotopic (exact) mass is 229 g/mol. The van der Waals surface area contributed by atoms with Crippen LogP contribution in [0.1, 0.15) is 6.42 Å². The van der Waals surface area contributed by atoms with Gasteiger partial charge in [0.05, 0.1) is 0 Å². The van der Waals surface area contributed by atoms with Gasteiger partial charge in [-0.15, -0.1) is 17.0 Å². The van der Waals surface area contributed by atoms with Gasteiger partial charge in [0.1, 0.15) is 6.04 Å². The second-order valence-electron chi connectivity index (χ2n) is 1.73. The van der Waals surface area contributed by atoms with Crippen molar-refractivity contribution in [2.45, 2.75) is 12.5 Å². The van der Waals surface area contributed by atoms with Gasteiger partial charge < -0.3 is 10.8 Å². The summed E-state index contributed by atoms with van der Waals surface area (Å²) in [6.07, 6.45) is 2.48. The molecule has 0 heterocycles. The van der Waals surface area contributed by atoms with Crippen LogP contribution in [0.2, 0.25) is 0 Å². The van der Waals surface area contributed by atoms with Gasteiger partial charge in [0.15, 0.2) is 0 Å². The number of nitrogens with two attached hydrogens (primary N) is 1. The van der Waals surface area contributed by atoms with Crippen LogP contribution in [-0.2, 0) is 4.79 Å². The maximum Gasteiger partial charge on any atom is 0.320 e. The fourth-order valence-electron chi connectivity index (χ4n) is 0.368. The third kappa shape index (κ3) is 6.38. The molecule has 0 spiro atoms. The molecule has 0 saturated heterocycles. The second-order valence-corrected chi connectivity index (χ2v) is 2.71. The van der Waals surface area contributed by atoms with Crippen molar-refractivity contribution in [3.8, 4) is 0 Å². The average Bonchev–Trinajstić information content (AvgIpc) is 1.82. The number of carboxylic acids is 1. The fraction of sp³-hybridized carbons (Fsp3) is 0.800. The van der Waals surface area contributed by atoms with Crippen molar-refractivity contribution in [1.82, 2.24) is 0 Å². The van der Waals surface area contributed by atoms with Crippen LogP contribution in [0.25, 0.3) is 0 Å². The van der Waals surface area contributed by atoms with Crippen LogP contribution >= 0.6 is 28.7 Å². The van der Waals surface area contributed by atoms with Gasteiger partial charge in [-0.3, -0.25) is 4.79 Å². The molecule has 0 saturated carbocycles. The number of aliphatic carboxylic acids is 1. The molecule has 0 radical (unpaired) electrons. The van der Waals surface area contributed by atoms with Crippen LogP contribution in [0.15, 0.2) is 0 Å². The Morgan fingerprint density at radius 2 is 2.30 bits per heavy atom. The van der Waals surface area contributed by atoms with Crippen molar-refractivity contribution in [1.29, 1.82) is 0 Å². The van der Waals surface area contributed by atoms with E-state index in [1.807, 2.05) is 6.26 Å². The van der Waals surface area contributed by atoms with Crippen molar-refractivity contribution in [3.63, 3.8) is 0 Å². The molecule has 3 nitrogen and oxygen atoms in total. The van der Waals surface area contributed by atoms with Crippen molar-refractivity contribution in [2.75, 3.05) is 12.0 Å². The number of halogens is 1. The summed E-state index contributed by atoms with van der Waals surface area (Å²) < 4.78 is 0. The third-order valence-corrected chi connectivity index (χ3v) is 1.59. The normalized spacial score (nSPS) is 11.8. The zero-order valence-corrected chi connectivity index (χ0v) is 8.27. The first-order valence-corrected chi connectivity index (χ1v) is 4.05. The fourth-order valence-corrected chi connectivity index (χ4v) is 0.858. The highest BCUT2D eigenvalue weighted by Crippen LogP contribution is 1.97. The van der Waals surface area contributed by atoms with E-state index in [9.17, 15) is 4.79 Å². The lowest BCUT2D eigenvalue weighted by atomic mass is 10.2. The van der Waals surface area contributed by atoms with Crippen molar-refractivity contribution in [2.24, 2.45) is 5.73 Å². The molecule has 0 aliphatic heterocycles. The van der Waals surface area contributed by atoms with Crippen molar-refractivity contribution >= 4 is 34.7 Å². The zero-order valence-electron chi connectivity index (χ0n) is 5.74. The highest BCUT2D eigenvalue weighted by molar-refractivity contribution is 8.93. The SMILES string of the molecule is Br.CSCC[C@H](N)C(=O)O. The standard InChI is InChI=1S/C5H11NO2S.BrH/c1-9-3-2-4(6)5(7)8;/h4H,2-3,6H2,1H3,(H,7,8);1H/t4-;/m0./s1. The molecule has 0 aromatic rings. The maximum atomic E-state index is 10.1. The lowest BCUT2D eigenvalue weighted by molar-refractivity contribution is -0.138. The molecule has 0 bridgehead atoms. The molecular weight excluding hydrogens is 218 g/mol. The average molecular weight is 230 g/mol. The number of hydrogen-bond donors (Lipinski definition) is 2. The Kier molecular flexibility index (Phi) is 9.50. The molecule has 0 amide bonds. The van der Waals surface area contributed by atoms with Gasteiger partial charge in [-0.25, -0.2) is 0 Å². The Morgan fingerprint density at radius 3 is 2.60 bits per heavy atom. The van der Waals surface area contributed by atoms with E-state index >= 15 is 0 Å². The molecule has 0 aromatic heterocycles. The Bertz CT molecular complexity index is 102. The van der Waals surface area contributed by atoms with Gasteiger partial charge in [0, 0.05) is 0 Å². The molecule has 0 aliphatic carbocycles. The molecule has 5 heteroatoms. The molecule has 0 fully saturated rings. The van der Waals surface area contributed by atoms with E-state index in [4.69, 9.17) is 10.8 Å². The quantitative estimate of drug-likeness (QED) is 0.747. The van der Waals surface area contributed by atoms with E-state index in [1.54, 1.807) is 11.8 Å². The zero-order chi connectivity index (χ0) is 7.28. The lowest BCUT2D eigenvalue weighted by Gasteiger charge is -2.02. The third-order valence-electron chi connectivity index (χ3n) is 0.950. The number of carbonyl (C=O) groups is 1. The first kappa shape index (κ1) is 12.9. The van der Waals surface area contributed by atoms with Crippen molar-refractivity contribution in [3.05, 3.63) is 0 Å². The molecule has 62 valence electrons. The van der Waals surface area contributed by atoms with E-state index in [2.05, 4.69) is 0 Å². The summed E-state index contributed by atoms with van der Waals surface area (Å²) in [5, 5.41) is 8.27. The van der Waals surface area contributed by atoms with Gasteiger partial charge >= 0.3 is 5.97 Å². The Labute approximate surface area is 75.1 Å². The van der Waals surface area contributed by atoms with Crippen LogP contribution in [0, 0.1) is 0 Å². The van der Waals surface area contributed by atoms with E-state index in [0.29, 0.717) is 6.42 Å². The van der Waals surface area contributed by atoms with Crippen LogP contribution < -0.4 is 5.73 Å². The summed E-state index contributed by atoms with van der Waals surface area (Å²) >= 11 is 1.60. The maximum absolute atomic E-state index is 10.1. The van der Waals surface area contributed by atoms with Gasteiger partial charge in [-0.05, 0) is 18.4 Å². The Hall–Kier alpha value is 0.260. The predicted octanol–water partition coefficient (Wildman–Crippen LogP) is 0.729. The molecule has 0 rings (SSSR count). The van der Waals surface area contributed by atoms with Crippen molar-refractivity contribution < 1.29 is 9.90 Å². The molecule has 3 N–H and O–H groups in total. The van der Waals surface area contributed by atoms with Gasteiger partial charge in [-0.2, -0.15) is 11.8 Å². The van der Waals surface area contributed by atoms with Crippen LogP contribution in [0.5, 0.6) is 0 Å². The largest absolute Gasteiger partial charge is 0.480 e. The molecule has 0 unspecified atom stereocenters. The molecule has 10 heavy (non-hydrogen) atoms. The summed E-state index contributed by atoms with van der Waals surface area (Å²) in [6.45, 7) is 0. The molecular formula is C5H12BrNO2S. The molecule has 1 atom stereocenters. The number of thioether (sulfide) groups is 1. The molecule has 0 aliphatic rings. The van der Waals surface area contributed by atoms with Gasteiger partial charge in [-0.1, -0.05) is 0 Å². The smallest absolute Gasteiger partial charge is 0.320 e. The van der Waals surface area contributed by atoms with Crippen LogP contribution in [0.3, 0.4) is 0 Å². The van der Waals surface area contributed by atoms with Gasteiger partial charge in [0.25, 0.3) is 0 Å². The topological polar surface area (TPSA) is 63.3 Å². The summed E-state index contributed by atoms with van der Waals surface area (Å²) in [4.78, 5) is 10.1. The summed E-state index contributed by atoms with van der Waals surface area (Å²) in [5.74, 6) is -0.1000. The Morgan fingerprint density at radius 1 is 1.80 bits per heavy atom. The number of carboxylic acid groups (broad SMARTS) is 1. The minimum atomic E-state index is -0.913. The van der Waals surface area contributed by atoms with E-state index < -0.39 is 12.0 Å². The summed E-state index contributed by atoms with van der Waals surface area (Å²) in [7, 11) is 0. The van der Waals surface area contributed by atoms with Crippen LogP contribution in [0.4, 0.5) is 0 Å². The Balaban J connectivity index is 0. The van der Waals surface area contributed by atoms with E-state index in [0.717, 1.165) is 5.75 Å². The minimum Gasteiger partial charge on any atom is -0.480 e.